The van der Waals surface area contributed by atoms with Crippen molar-refractivity contribution in [1.29, 1.82) is 0 Å². The number of thiazole rings is 1. The van der Waals surface area contributed by atoms with Crippen molar-refractivity contribution in [3.05, 3.63) is 46.0 Å². The van der Waals surface area contributed by atoms with Crippen LogP contribution in [0.15, 0.2) is 24.3 Å². The summed E-state index contributed by atoms with van der Waals surface area (Å²) in [4.78, 5) is 41.6. The maximum atomic E-state index is 12.7. The Morgan fingerprint density at radius 1 is 1.23 bits per heavy atom. The molecule has 0 aliphatic heterocycles. The fourth-order valence-electron chi connectivity index (χ4n) is 3.72. The summed E-state index contributed by atoms with van der Waals surface area (Å²) >= 11 is 1.30. The molecule has 1 fully saturated rings. The van der Waals surface area contributed by atoms with Crippen LogP contribution in [0.1, 0.15) is 78.4 Å². The number of methoxy groups -OCH3 is 1. The van der Waals surface area contributed by atoms with Gasteiger partial charge in [0.15, 0.2) is 10.8 Å². The fraction of sp³-hybridized carbons (Fsp3) is 0.478. The maximum Gasteiger partial charge on any atom is 0.357 e. The van der Waals surface area contributed by atoms with Gasteiger partial charge in [0.2, 0.25) is 5.91 Å². The number of nitrogens with zero attached hydrogens (tertiary/aromatic N) is 1. The average Bonchev–Trinajstić information content (AvgIpc) is 3.34. The van der Waals surface area contributed by atoms with Gasteiger partial charge >= 0.3 is 5.97 Å². The van der Waals surface area contributed by atoms with Crippen LogP contribution < -0.4 is 5.32 Å². The lowest BCUT2D eigenvalue weighted by atomic mass is 9.94. The number of nitrogens with one attached hydrogen (secondary N) is 1. The zero-order chi connectivity index (χ0) is 21.8. The molecule has 1 saturated carbocycles. The molecular weight excluding hydrogens is 400 g/mol. The quantitative estimate of drug-likeness (QED) is 0.646. The van der Waals surface area contributed by atoms with Gasteiger partial charge < -0.3 is 10.1 Å². The third kappa shape index (κ3) is 4.95. The van der Waals surface area contributed by atoms with Crippen LogP contribution in [-0.4, -0.2) is 29.8 Å². The summed E-state index contributed by atoms with van der Waals surface area (Å²) in [5.74, 6) is -0.462. The summed E-state index contributed by atoms with van der Waals surface area (Å²) in [5.41, 5.74) is 2.27. The normalized spacial score (nSPS) is 17.2. The molecule has 2 aromatic rings. The Kier molecular flexibility index (Phi) is 7.02. The molecule has 1 aromatic heterocycles. The maximum absolute atomic E-state index is 12.7. The van der Waals surface area contributed by atoms with Gasteiger partial charge in [0, 0.05) is 17.2 Å². The van der Waals surface area contributed by atoms with Gasteiger partial charge in [0.05, 0.1) is 13.0 Å². The van der Waals surface area contributed by atoms with Gasteiger partial charge in [0.25, 0.3) is 0 Å². The summed E-state index contributed by atoms with van der Waals surface area (Å²) < 4.78 is 4.80. The minimum atomic E-state index is -0.500. The monoisotopic (exact) mass is 428 g/mol. The number of anilines is 1. The second-order valence-electron chi connectivity index (χ2n) is 8.09. The third-order valence-corrected chi connectivity index (χ3v) is 6.84. The van der Waals surface area contributed by atoms with Crippen molar-refractivity contribution in [1.82, 2.24) is 4.98 Å². The molecule has 1 heterocycles. The Morgan fingerprint density at radius 2 is 1.93 bits per heavy atom. The van der Waals surface area contributed by atoms with Crippen molar-refractivity contribution in [3.8, 4) is 0 Å². The van der Waals surface area contributed by atoms with Gasteiger partial charge in [-0.15, -0.1) is 11.3 Å². The highest BCUT2D eigenvalue weighted by Gasteiger charge is 2.25. The molecule has 1 aromatic carbocycles. The number of benzene rings is 1. The van der Waals surface area contributed by atoms with E-state index in [1.54, 1.807) is 0 Å². The molecule has 7 heteroatoms. The van der Waals surface area contributed by atoms with Crippen molar-refractivity contribution < 1.29 is 19.1 Å². The second-order valence-corrected chi connectivity index (χ2v) is 9.12. The summed E-state index contributed by atoms with van der Waals surface area (Å²) in [6, 6.07) is 7.89. The highest BCUT2D eigenvalue weighted by molar-refractivity contribution is 7.16. The summed E-state index contributed by atoms with van der Waals surface area (Å²) in [6.07, 6.45) is 3.44. The Balaban J connectivity index is 1.67. The van der Waals surface area contributed by atoms with Crippen molar-refractivity contribution in [3.63, 3.8) is 0 Å². The van der Waals surface area contributed by atoms with E-state index in [0.29, 0.717) is 17.3 Å². The molecule has 3 rings (SSSR count). The highest BCUT2D eigenvalue weighted by atomic mass is 32.1. The lowest BCUT2D eigenvalue weighted by Gasteiger charge is -2.13. The average molecular weight is 429 g/mol. The third-order valence-electron chi connectivity index (χ3n) is 5.57. The fourth-order valence-corrected chi connectivity index (χ4v) is 4.67. The van der Waals surface area contributed by atoms with Crippen LogP contribution >= 0.6 is 11.3 Å². The molecule has 0 saturated heterocycles. The van der Waals surface area contributed by atoms with E-state index in [4.69, 9.17) is 4.74 Å². The van der Waals surface area contributed by atoms with E-state index in [1.165, 1.54) is 18.4 Å². The minimum absolute atomic E-state index is 0.0963. The number of carbonyl (C=O) groups excluding carboxylic acids is 3. The number of ether oxygens (including phenoxy) is 1. The number of amides is 1. The van der Waals surface area contributed by atoms with Crippen LogP contribution in [0.4, 0.5) is 5.13 Å². The van der Waals surface area contributed by atoms with E-state index in [2.05, 4.69) is 10.3 Å². The van der Waals surface area contributed by atoms with Gasteiger partial charge in [-0.25, -0.2) is 9.78 Å². The predicted molar refractivity (Wildman–Crippen MR) is 117 cm³/mol. The van der Waals surface area contributed by atoms with Gasteiger partial charge in [-0.05, 0) is 43.2 Å². The van der Waals surface area contributed by atoms with E-state index in [9.17, 15) is 14.4 Å². The number of ketones is 1. The number of aromatic nitrogens is 1. The van der Waals surface area contributed by atoms with Gasteiger partial charge in [0.1, 0.15) is 5.78 Å². The Hall–Kier alpha value is -2.54. The first kappa shape index (κ1) is 22.2. The molecule has 1 amide bonds. The minimum Gasteiger partial charge on any atom is -0.464 e. The lowest BCUT2D eigenvalue weighted by molar-refractivity contribution is -0.120. The molecule has 0 bridgehead atoms. The predicted octanol–water partition coefficient (Wildman–Crippen LogP) is 4.71. The Labute approximate surface area is 181 Å². The lowest BCUT2D eigenvalue weighted by Crippen LogP contribution is -2.19. The van der Waals surface area contributed by atoms with Crippen molar-refractivity contribution in [2.24, 2.45) is 5.92 Å². The molecule has 1 N–H and O–H groups in total. The van der Waals surface area contributed by atoms with Crippen LogP contribution in [0.25, 0.3) is 0 Å². The summed E-state index contributed by atoms with van der Waals surface area (Å²) in [5, 5.41) is 3.23. The van der Waals surface area contributed by atoms with Crippen LogP contribution in [0.2, 0.25) is 0 Å². The number of Topliss-reactive ketones (excluding diaryl/α,β-unsaturated/α-hetero) is 1. The van der Waals surface area contributed by atoms with Crippen LogP contribution in [0, 0.1) is 5.92 Å². The molecule has 2 atom stereocenters. The van der Waals surface area contributed by atoms with E-state index < -0.39 is 5.97 Å². The Morgan fingerprint density at radius 3 is 2.50 bits per heavy atom. The molecule has 30 heavy (non-hydrogen) atoms. The summed E-state index contributed by atoms with van der Waals surface area (Å²) in [6.45, 7) is 5.77. The first-order valence-electron chi connectivity index (χ1n) is 10.3. The van der Waals surface area contributed by atoms with Crippen molar-refractivity contribution >= 4 is 34.1 Å². The molecule has 160 valence electrons. The van der Waals surface area contributed by atoms with Crippen molar-refractivity contribution in [2.75, 3.05) is 12.4 Å². The van der Waals surface area contributed by atoms with Gasteiger partial charge in [-0.3, -0.25) is 9.59 Å². The number of hydrogen-bond donors (Lipinski definition) is 1. The number of carbonyl (C=O) groups is 3. The molecule has 0 spiro atoms. The summed E-state index contributed by atoms with van der Waals surface area (Å²) in [7, 11) is 1.32. The topological polar surface area (TPSA) is 85.4 Å². The SMILES string of the molecule is COC(=O)c1nc(NC(=O)[C@@H](C)c2ccc(C[C@@H]3CCCC3=O)cc2)sc1C(C)C. The van der Waals surface area contributed by atoms with Crippen LogP contribution in [-0.2, 0) is 20.7 Å². The molecule has 1 aliphatic carbocycles. The molecular formula is C23H28N2O4S. The van der Waals surface area contributed by atoms with E-state index in [1.807, 2.05) is 45.0 Å². The number of esters is 1. The largest absolute Gasteiger partial charge is 0.464 e. The highest BCUT2D eigenvalue weighted by Crippen LogP contribution is 2.31. The Bertz CT molecular complexity index is 933. The zero-order valence-corrected chi connectivity index (χ0v) is 18.7. The first-order chi connectivity index (χ1) is 14.3. The number of rotatable bonds is 7. The smallest absolute Gasteiger partial charge is 0.357 e. The van der Waals surface area contributed by atoms with Crippen LogP contribution in [0.5, 0.6) is 0 Å². The van der Waals surface area contributed by atoms with Gasteiger partial charge in [-0.2, -0.15) is 0 Å². The molecule has 0 unspecified atom stereocenters. The number of hydrogen-bond acceptors (Lipinski definition) is 6. The van der Waals surface area contributed by atoms with Gasteiger partial charge in [-0.1, -0.05) is 38.1 Å². The van der Waals surface area contributed by atoms with Crippen molar-refractivity contribution in [2.45, 2.75) is 58.3 Å². The van der Waals surface area contributed by atoms with E-state index in [0.717, 1.165) is 35.3 Å². The molecule has 6 nitrogen and oxygen atoms in total. The second kappa shape index (κ2) is 9.51. The molecule has 0 radical (unpaired) electrons. The molecule has 1 aliphatic rings. The zero-order valence-electron chi connectivity index (χ0n) is 17.9. The van der Waals surface area contributed by atoms with E-state index >= 15 is 0 Å². The van der Waals surface area contributed by atoms with Crippen LogP contribution in [0.3, 0.4) is 0 Å². The van der Waals surface area contributed by atoms with E-state index in [-0.39, 0.29) is 29.4 Å². The standard InChI is InChI=1S/C23H28N2O4S/c1-13(2)20-19(22(28)29-4)24-23(30-20)25-21(27)14(3)16-10-8-15(9-11-16)12-17-6-5-7-18(17)26/h8-11,13-14,17H,5-7,12H2,1-4H3,(H,24,25,27)/t14-,17-/m0/s1. The first-order valence-corrected chi connectivity index (χ1v) is 11.1.